The van der Waals surface area contributed by atoms with Crippen molar-refractivity contribution in [2.24, 2.45) is 0 Å². The number of rotatable bonds is 4. The first-order valence-corrected chi connectivity index (χ1v) is 9.23. The van der Waals surface area contributed by atoms with Gasteiger partial charge in [0.15, 0.2) is 0 Å². The van der Waals surface area contributed by atoms with Gasteiger partial charge in [0.2, 0.25) is 5.91 Å². The van der Waals surface area contributed by atoms with Crippen molar-refractivity contribution in [1.29, 1.82) is 0 Å². The summed E-state index contributed by atoms with van der Waals surface area (Å²) in [6.45, 7) is 0. The van der Waals surface area contributed by atoms with Gasteiger partial charge in [-0.15, -0.1) is 0 Å². The fourth-order valence-corrected chi connectivity index (χ4v) is 3.82. The van der Waals surface area contributed by atoms with E-state index in [9.17, 15) is 9.90 Å². The van der Waals surface area contributed by atoms with Gasteiger partial charge in [0.25, 0.3) is 0 Å². The number of phenolic OH excluding ortho intramolecular Hbond substituents is 1. The average Bonchev–Trinajstić information content (AvgIpc) is 2.61. The van der Waals surface area contributed by atoms with Gasteiger partial charge in [0.1, 0.15) is 5.75 Å². The third-order valence-electron chi connectivity index (χ3n) is 3.81. The fourth-order valence-electron chi connectivity index (χ4n) is 2.64. The molecule has 0 aromatic heterocycles. The first-order chi connectivity index (χ1) is 12.1. The first kappa shape index (κ1) is 17.7. The largest absolute Gasteiger partial charge is 0.506 e. The molecule has 0 saturated heterocycles. The van der Waals surface area contributed by atoms with Gasteiger partial charge in [-0.25, -0.2) is 0 Å². The molecule has 0 saturated carbocycles. The summed E-state index contributed by atoms with van der Waals surface area (Å²) in [5, 5.41) is 12.8. The van der Waals surface area contributed by atoms with E-state index in [0.29, 0.717) is 14.6 Å². The van der Waals surface area contributed by atoms with Crippen LogP contribution in [0, 0.1) is 0 Å². The summed E-state index contributed by atoms with van der Waals surface area (Å²) >= 11 is 6.56. The number of amides is 1. The molecule has 0 aliphatic rings. The van der Waals surface area contributed by atoms with Crippen LogP contribution in [0.25, 0.3) is 0 Å². The van der Waals surface area contributed by atoms with Crippen molar-refractivity contribution in [1.82, 2.24) is 0 Å². The smallest absolute Gasteiger partial charge is 0.236 e. The van der Waals surface area contributed by atoms with E-state index in [2.05, 4.69) is 37.2 Å². The molecule has 0 radical (unpaired) electrons. The Morgan fingerprint density at radius 1 is 0.840 bits per heavy atom. The Labute approximate surface area is 163 Å². The maximum absolute atomic E-state index is 13.0. The molecule has 3 aromatic rings. The molecule has 0 bridgehead atoms. The molecule has 126 valence electrons. The zero-order chi connectivity index (χ0) is 17.8. The second-order valence-electron chi connectivity index (χ2n) is 5.53. The zero-order valence-corrected chi connectivity index (χ0v) is 16.3. The average molecular weight is 461 g/mol. The lowest BCUT2D eigenvalue weighted by molar-refractivity contribution is -0.116. The van der Waals surface area contributed by atoms with E-state index in [1.165, 1.54) is 0 Å². The highest BCUT2D eigenvalue weighted by Crippen LogP contribution is 2.36. The van der Waals surface area contributed by atoms with Crippen LogP contribution in [0.3, 0.4) is 0 Å². The molecule has 3 rings (SSSR count). The van der Waals surface area contributed by atoms with Crippen LogP contribution >= 0.6 is 31.9 Å². The third kappa shape index (κ3) is 4.11. The van der Waals surface area contributed by atoms with Crippen LogP contribution in [0.15, 0.2) is 81.7 Å². The predicted octanol–water partition coefficient (Wildman–Crippen LogP) is 5.69. The van der Waals surface area contributed by atoms with E-state index in [-0.39, 0.29) is 11.7 Å². The van der Waals surface area contributed by atoms with Gasteiger partial charge in [-0.1, -0.05) is 60.7 Å². The summed E-state index contributed by atoms with van der Waals surface area (Å²) in [5.41, 5.74) is 2.43. The Hall–Kier alpha value is -2.11. The summed E-state index contributed by atoms with van der Waals surface area (Å²) in [6.07, 6.45) is 0. The molecule has 25 heavy (non-hydrogen) atoms. The number of halogens is 2. The number of phenols is 1. The molecule has 2 N–H and O–H groups in total. The Kier molecular flexibility index (Phi) is 5.56. The molecule has 5 heteroatoms. The number of nitrogens with one attached hydrogen (secondary N) is 1. The van der Waals surface area contributed by atoms with Crippen molar-refractivity contribution < 1.29 is 9.90 Å². The van der Waals surface area contributed by atoms with Crippen LogP contribution in [0.1, 0.15) is 17.0 Å². The normalized spacial score (nSPS) is 10.7. The number of anilines is 1. The quantitative estimate of drug-likeness (QED) is 0.491. The number of hydrogen-bond donors (Lipinski definition) is 2. The van der Waals surface area contributed by atoms with E-state index in [0.717, 1.165) is 11.1 Å². The highest BCUT2D eigenvalue weighted by Gasteiger charge is 2.23. The SMILES string of the molecule is O=C(Nc1cc(Br)c(O)c(Br)c1)C(c1ccccc1)c1ccccc1. The van der Waals surface area contributed by atoms with Gasteiger partial charge in [-0.2, -0.15) is 0 Å². The Morgan fingerprint density at radius 2 is 1.28 bits per heavy atom. The molecule has 0 fully saturated rings. The number of aromatic hydroxyl groups is 1. The minimum absolute atomic E-state index is 0.0978. The van der Waals surface area contributed by atoms with E-state index in [1.54, 1.807) is 12.1 Å². The van der Waals surface area contributed by atoms with Gasteiger partial charge in [0, 0.05) is 5.69 Å². The monoisotopic (exact) mass is 459 g/mol. The molecule has 0 unspecified atom stereocenters. The summed E-state index contributed by atoms with van der Waals surface area (Å²) in [5.74, 6) is -0.462. The van der Waals surface area contributed by atoms with Crippen molar-refractivity contribution in [2.45, 2.75) is 5.92 Å². The summed E-state index contributed by atoms with van der Waals surface area (Å²) in [4.78, 5) is 13.0. The first-order valence-electron chi connectivity index (χ1n) is 7.65. The zero-order valence-electron chi connectivity index (χ0n) is 13.1. The second-order valence-corrected chi connectivity index (χ2v) is 7.24. The molecule has 0 aliphatic heterocycles. The molecule has 0 atom stereocenters. The van der Waals surface area contributed by atoms with Crippen molar-refractivity contribution in [3.8, 4) is 5.75 Å². The van der Waals surface area contributed by atoms with Crippen LogP contribution in [-0.4, -0.2) is 11.0 Å². The Balaban J connectivity index is 1.95. The van der Waals surface area contributed by atoms with Crippen LogP contribution in [-0.2, 0) is 4.79 Å². The minimum Gasteiger partial charge on any atom is -0.506 e. The standard InChI is InChI=1S/C20H15Br2NO2/c21-16-11-15(12-17(22)19(16)24)23-20(25)18(13-7-3-1-4-8-13)14-9-5-2-6-10-14/h1-12,18,24H,(H,23,25). The second kappa shape index (κ2) is 7.85. The third-order valence-corrected chi connectivity index (χ3v) is 5.02. The predicted molar refractivity (Wildman–Crippen MR) is 107 cm³/mol. The number of benzene rings is 3. The summed E-state index contributed by atoms with van der Waals surface area (Å²) in [7, 11) is 0. The summed E-state index contributed by atoms with van der Waals surface area (Å²) < 4.78 is 1.02. The van der Waals surface area contributed by atoms with E-state index in [4.69, 9.17) is 0 Å². The molecular formula is C20H15Br2NO2. The molecule has 0 spiro atoms. The number of carbonyl (C=O) groups is 1. The number of hydrogen-bond acceptors (Lipinski definition) is 2. The van der Waals surface area contributed by atoms with E-state index >= 15 is 0 Å². The van der Waals surface area contributed by atoms with Crippen molar-refractivity contribution in [3.63, 3.8) is 0 Å². The molecule has 0 heterocycles. The van der Waals surface area contributed by atoms with Crippen molar-refractivity contribution in [2.75, 3.05) is 5.32 Å². The highest BCUT2D eigenvalue weighted by molar-refractivity contribution is 9.11. The molecule has 3 nitrogen and oxygen atoms in total. The Bertz CT molecular complexity index is 820. The van der Waals surface area contributed by atoms with Gasteiger partial charge in [0.05, 0.1) is 14.9 Å². The van der Waals surface area contributed by atoms with Gasteiger partial charge >= 0.3 is 0 Å². The topological polar surface area (TPSA) is 49.3 Å². The van der Waals surface area contributed by atoms with Crippen molar-refractivity contribution in [3.05, 3.63) is 92.9 Å². The Morgan fingerprint density at radius 3 is 1.72 bits per heavy atom. The molecule has 3 aromatic carbocycles. The lowest BCUT2D eigenvalue weighted by Gasteiger charge is -2.18. The van der Waals surface area contributed by atoms with Gasteiger partial charge in [-0.3, -0.25) is 4.79 Å². The maximum atomic E-state index is 13.0. The van der Waals surface area contributed by atoms with Gasteiger partial charge in [-0.05, 0) is 55.1 Å². The van der Waals surface area contributed by atoms with Crippen LogP contribution in [0.2, 0.25) is 0 Å². The molecule has 0 aliphatic carbocycles. The molecular weight excluding hydrogens is 446 g/mol. The number of carbonyl (C=O) groups excluding carboxylic acids is 1. The highest BCUT2D eigenvalue weighted by atomic mass is 79.9. The van der Waals surface area contributed by atoms with Crippen LogP contribution < -0.4 is 5.32 Å². The van der Waals surface area contributed by atoms with Crippen LogP contribution in [0.5, 0.6) is 5.75 Å². The lowest BCUT2D eigenvalue weighted by atomic mass is 9.90. The minimum atomic E-state index is -0.422. The maximum Gasteiger partial charge on any atom is 0.236 e. The fraction of sp³-hybridized carbons (Fsp3) is 0.0500. The van der Waals surface area contributed by atoms with Crippen molar-refractivity contribution >= 4 is 43.5 Å². The van der Waals surface area contributed by atoms with Crippen LogP contribution in [0.4, 0.5) is 5.69 Å². The summed E-state index contributed by atoms with van der Waals surface area (Å²) in [6, 6.07) is 22.7. The lowest BCUT2D eigenvalue weighted by Crippen LogP contribution is -2.22. The van der Waals surface area contributed by atoms with E-state index in [1.807, 2.05) is 60.7 Å². The molecule has 1 amide bonds. The van der Waals surface area contributed by atoms with Gasteiger partial charge < -0.3 is 10.4 Å². The van der Waals surface area contributed by atoms with E-state index < -0.39 is 5.92 Å².